The van der Waals surface area contributed by atoms with Gasteiger partial charge in [0.1, 0.15) is 0 Å². The van der Waals surface area contributed by atoms with E-state index in [0.29, 0.717) is 11.8 Å². The second kappa shape index (κ2) is 7.04. The van der Waals surface area contributed by atoms with Gasteiger partial charge in [-0.3, -0.25) is 0 Å². The Kier molecular flexibility index (Phi) is 5.38. The molecule has 0 nitrogen and oxygen atoms in total. The molecule has 19 heavy (non-hydrogen) atoms. The van der Waals surface area contributed by atoms with Crippen molar-refractivity contribution in [1.82, 2.24) is 0 Å². The molecule has 0 bridgehead atoms. The highest BCUT2D eigenvalue weighted by Gasteiger charge is 2.19. The van der Waals surface area contributed by atoms with Crippen LogP contribution in [0.5, 0.6) is 0 Å². The van der Waals surface area contributed by atoms with Gasteiger partial charge in [0.15, 0.2) is 11.6 Å². The van der Waals surface area contributed by atoms with E-state index >= 15 is 0 Å². The molecule has 0 aromatic heterocycles. The van der Waals surface area contributed by atoms with Crippen LogP contribution in [0.1, 0.15) is 37.7 Å². The van der Waals surface area contributed by atoms with E-state index in [1.807, 2.05) is 0 Å². The van der Waals surface area contributed by atoms with E-state index in [1.165, 1.54) is 37.8 Å². The minimum atomic E-state index is -0.767. The van der Waals surface area contributed by atoms with Crippen LogP contribution in [-0.2, 0) is 6.42 Å². The second-order valence-electron chi connectivity index (χ2n) is 5.39. The summed E-state index contributed by atoms with van der Waals surface area (Å²) in [6, 6.07) is 4.21. The summed E-state index contributed by atoms with van der Waals surface area (Å²) < 4.78 is 25.9. The molecule has 0 saturated heterocycles. The lowest BCUT2D eigenvalue weighted by Gasteiger charge is -2.26. The number of hydrogen-bond donors (Lipinski definition) is 0. The van der Waals surface area contributed by atoms with E-state index in [-0.39, 0.29) is 0 Å². The maximum absolute atomic E-state index is 13.1. The molecule has 0 spiro atoms. The number of hydrogen-bond acceptors (Lipinski definition) is 0. The largest absolute Gasteiger partial charge is 0.204 e. The number of benzene rings is 1. The van der Waals surface area contributed by atoms with Crippen LogP contribution >= 0.6 is 11.6 Å². The van der Waals surface area contributed by atoms with Gasteiger partial charge in [-0.15, -0.1) is 0 Å². The van der Waals surface area contributed by atoms with Crippen LogP contribution in [0.2, 0.25) is 0 Å². The molecule has 1 saturated carbocycles. The van der Waals surface area contributed by atoms with E-state index in [4.69, 9.17) is 11.6 Å². The van der Waals surface area contributed by atoms with Crippen molar-refractivity contribution in [3.8, 4) is 0 Å². The molecule has 0 aliphatic heterocycles. The summed E-state index contributed by atoms with van der Waals surface area (Å²) >= 11 is 5.59. The molecular weight excluding hydrogens is 266 g/mol. The molecule has 3 heteroatoms. The molecule has 0 radical (unpaired) electrons. The van der Waals surface area contributed by atoms with Gasteiger partial charge in [-0.05, 0) is 68.1 Å². The lowest BCUT2D eigenvalue weighted by Crippen LogP contribution is -2.13. The number of rotatable bonds is 4. The predicted molar refractivity (Wildman–Crippen MR) is 75.1 cm³/mol. The van der Waals surface area contributed by atoms with Gasteiger partial charge in [0.25, 0.3) is 0 Å². The van der Waals surface area contributed by atoms with Crippen molar-refractivity contribution in [3.05, 3.63) is 47.0 Å². The van der Waals surface area contributed by atoms with Gasteiger partial charge in [0.05, 0.1) is 0 Å². The maximum Gasteiger partial charge on any atom is 0.159 e. The highest BCUT2D eigenvalue weighted by atomic mass is 35.5. The van der Waals surface area contributed by atoms with Crippen molar-refractivity contribution < 1.29 is 8.78 Å². The summed E-state index contributed by atoms with van der Waals surface area (Å²) in [4.78, 5) is 0. The summed E-state index contributed by atoms with van der Waals surface area (Å²) in [5.74, 6) is -0.185. The van der Waals surface area contributed by atoms with E-state index in [9.17, 15) is 8.78 Å². The zero-order valence-electron chi connectivity index (χ0n) is 10.9. The monoisotopic (exact) mass is 284 g/mol. The van der Waals surface area contributed by atoms with Crippen molar-refractivity contribution in [2.45, 2.75) is 38.5 Å². The van der Waals surface area contributed by atoms with E-state index < -0.39 is 11.6 Å². The first-order valence-corrected chi connectivity index (χ1v) is 7.33. The Hall–Kier alpha value is -0.890. The number of allylic oxidation sites excluding steroid dienone is 1. The average molecular weight is 285 g/mol. The second-order valence-corrected chi connectivity index (χ2v) is 5.64. The normalized spacial score (nSPS) is 23.9. The topological polar surface area (TPSA) is 0 Å². The van der Waals surface area contributed by atoms with Gasteiger partial charge in [0.2, 0.25) is 0 Å². The Balaban J connectivity index is 1.78. The molecule has 1 fully saturated rings. The van der Waals surface area contributed by atoms with Gasteiger partial charge in [0, 0.05) is 5.54 Å². The minimum Gasteiger partial charge on any atom is -0.204 e. The Morgan fingerprint density at radius 2 is 1.84 bits per heavy atom. The SMILES string of the molecule is Fc1ccc(CCC2CCC(C=CCl)CC2)cc1F. The molecule has 1 aromatic rings. The molecule has 0 N–H and O–H groups in total. The first-order valence-electron chi connectivity index (χ1n) is 6.90. The van der Waals surface area contributed by atoms with E-state index in [0.717, 1.165) is 18.4 Å². The van der Waals surface area contributed by atoms with Crippen LogP contribution in [-0.4, -0.2) is 0 Å². The zero-order valence-corrected chi connectivity index (χ0v) is 11.7. The molecule has 0 amide bonds. The third-order valence-electron chi connectivity index (χ3n) is 4.06. The smallest absolute Gasteiger partial charge is 0.159 e. The van der Waals surface area contributed by atoms with Crippen molar-refractivity contribution in [1.29, 1.82) is 0 Å². The van der Waals surface area contributed by atoms with Crippen molar-refractivity contribution >= 4 is 11.6 Å². The highest BCUT2D eigenvalue weighted by Crippen LogP contribution is 2.32. The Bertz CT molecular complexity index is 434. The molecule has 0 unspecified atom stereocenters. The molecule has 2 rings (SSSR count). The maximum atomic E-state index is 13.1. The minimum absolute atomic E-state index is 0.622. The van der Waals surface area contributed by atoms with Crippen LogP contribution in [0.3, 0.4) is 0 Å². The molecule has 104 valence electrons. The van der Waals surface area contributed by atoms with Gasteiger partial charge in [-0.25, -0.2) is 8.78 Å². The highest BCUT2D eigenvalue weighted by molar-refractivity contribution is 6.25. The molecular formula is C16H19ClF2. The van der Waals surface area contributed by atoms with E-state index in [1.54, 1.807) is 11.6 Å². The lowest BCUT2D eigenvalue weighted by molar-refractivity contribution is 0.296. The van der Waals surface area contributed by atoms with Crippen LogP contribution in [0.4, 0.5) is 8.78 Å². The van der Waals surface area contributed by atoms with Crippen molar-refractivity contribution in [2.24, 2.45) is 11.8 Å². The molecule has 1 aliphatic carbocycles. The fourth-order valence-corrected chi connectivity index (χ4v) is 3.04. The molecule has 0 heterocycles. The standard InChI is InChI=1S/C16H19ClF2/c17-10-9-13-3-1-12(2-4-13)5-6-14-7-8-15(18)16(19)11-14/h7-13H,1-6H2. The molecule has 1 aromatic carbocycles. The summed E-state index contributed by atoms with van der Waals surface area (Å²) in [6.45, 7) is 0. The summed E-state index contributed by atoms with van der Waals surface area (Å²) in [7, 11) is 0. The summed E-state index contributed by atoms with van der Waals surface area (Å²) in [6.07, 6.45) is 8.75. The van der Waals surface area contributed by atoms with Crippen LogP contribution < -0.4 is 0 Å². The number of halogens is 3. The first-order chi connectivity index (χ1) is 9.19. The van der Waals surface area contributed by atoms with Gasteiger partial charge >= 0.3 is 0 Å². The van der Waals surface area contributed by atoms with Crippen LogP contribution in [0.15, 0.2) is 29.8 Å². The van der Waals surface area contributed by atoms with Gasteiger partial charge < -0.3 is 0 Å². The summed E-state index contributed by atoms with van der Waals surface area (Å²) in [5, 5.41) is 0. The van der Waals surface area contributed by atoms with Gasteiger partial charge in [-0.2, -0.15) is 0 Å². The Morgan fingerprint density at radius 3 is 2.47 bits per heavy atom. The van der Waals surface area contributed by atoms with Crippen molar-refractivity contribution in [2.75, 3.05) is 0 Å². The third-order valence-corrected chi connectivity index (χ3v) is 4.21. The Labute approximate surface area is 118 Å². The first kappa shape index (κ1) is 14.5. The quantitative estimate of drug-likeness (QED) is 0.689. The zero-order chi connectivity index (χ0) is 13.7. The van der Waals surface area contributed by atoms with Crippen molar-refractivity contribution in [3.63, 3.8) is 0 Å². The third kappa shape index (κ3) is 4.31. The van der Waals surface area contributed by atoms with E-state index in [2.05, 4.69) is 6.08 Å². The average Bonchev–Trinajstić information content (AvgIpc) is 2.42. The van der Waals surface area contributed by atoms with Crippen LogP contribution in [0.25, 0.3) is 0 Å². The Morgan fingerprint density at radius 1 is 1.11 bits per heavy atom. The fraction of sp³-hybridized carbons (Fsp3) is 0.500. The predicted octanol–water partition coefficient (Wildman–Crippen LogP) is 5.46. The molecule has 1 aliphatic rings. The molecule has 0 atom stereocenters. The summed E-state index contributed by atoms with van der Waals surface area (Å²) in [5.41, 5.74) is 2.51. The fourth-order valence-electron chi connectivity index (χ4n) is 2.84. The number of aryl methyl sites for hydroxylation is 1. The van der Waals surface area contributed by atoms with Gasteiger partial charge in [-0.1, -0.05) is 23.7 Å². The van der Waals surface area contributed by atoms with Crippen LogP contribution in [0, 0.1) is 23.5 Å². The lowest BCUT2D eigenvalue weighted by atomic mass is 9.79.